The minimum atomic E-state index is -1.17. The maximum atomic E-state index is 11.3. The average molecular weight is 235 g/mol. The van der Waals surface area contributed by atoms with Crippen LogP contribution >= 0.6 is 0 Å². The van der Waals surface area contributed by atoms with E-state index < -0.39 is 11.9 Å². The van der Waals surface area contributed by atoms with Crippen LogP contribution in [0.25, 0.3) is 11.0 Å². The van der Waals surface area contributed by atoms with Gasteiger partial charge in [0.1, 0.15) is 11.1 Å². The summed E-state index contributed by atoms with van der Waals surface area (Å²) in [6.45, 7) is 0. The summed E-state index contributed by atoms with van der Waals surface area (Å²) in [6.07, 6.45) is 0. The number of carboxylic acid groups (broad SMARTS) is 1. The number of carbonyl (C=O) groups excluding carboxylic acids is 1. The number of ether oxygens (including phenoxy) is 1. The number of nitrogens with two attached hydrogens (primary N) is 1. The molecule has 0 saturated heterocycles. The lowest BCUT2D eigenvalue weighted by Crippen LogP contribution is -1.99. The number of anilines is 1. The number of methoxy groups -OCH3 is 1. The van der Waals surface area contributed by atoms with Crippen LogP contribution in [0.5, 0.6) is 0 Å². The Balaban J connectivity index is 2.71. The Morgan fingerprint density at radius 3 is 2.65 bits per heavy atom. The van der Waals surface area contributed by atoms with Gasteiger partial charge in [-0.15, -0.1) is 0 Å². The molecule has 6 heteroatoms. The van der Waals surface area contributed by atoms with Gasteiger partial charge in [0.2, 0.25) is 5.76 Å². The van der Waals surface area contributed by atoms with E-state index in [4.69, 9.17) is 15.3 Å². The third-order valence-electron chi connectivity index (χ3n) is 2.26. The molecule has 1 aromatic carbocycles. The lowest BCUT2D eigenvalue weighted by atomic mass is 10.1. The second kappa shape index (κ2) is 3.82. The summed E-state index contributed by atoms with van der Waals surface area (Å²) in [4.78, 5) is 22.2. The zero-order chi connectivity index (χ0) is 12.6. The van der Waals surface area contributed by atoms with Crippen molar-refractivity contribution in [3.05, 3.63) is 29.5 Å². The Morgan fingerprint density at radius 2 is 2.06 bits per heavy atom. The third-order valence-corrected chi connectivity index (χ3v) is 2.26. The zero-order valence-corrected chi connectivity index (χ0v) is 8.89. The maximum Gasteiger partial charge on any atom is 0.373 e. The molecule has 0 aliphatic carbocycles. The molecule has 0 fully saturated rings. The van der Waals surface area contributed by atoms with Crippen molar-refractivity contribution in [2.24, 2.45) is 0 Å². The summed E-state index contributed by atoms with van der Waals surface area (Å²) in [5, 5.41) is 9.43. The molecular formula is C11H9NO5. The molecule has 1 heterocycles. The van der Waals surface area contributed by atoms with Crippen molar-refractivity contribution in [2.75, 3.05) is 12.8 Å². The smallest absolute Gasteiger partial charge is 0.373 e. The van der Waals surface area contributed by atoms with Gasteiger partial charge in [0.15, 0.2) is 0 Å². The lowest BCUT2D eigenvalue weighted by molar-refractivity contribution is 0.0565. The van der Waals surface area contributed by atoms with Gasteiger partial charge in [-0.25, -0.2) is 9.59 Å². The summed E-state index contributed by atoms with van der Waals surface area (Å²) < 4.78 is 9.64. The van der Waals surface area contributed by atoms with Crippen LogP contribution in [0.15, 0.2) is 22.6 Å². The molecule has 2 rings (SSSR count). The molecular weight excluding hydrogens is 226 g/mol. The monoisotopic (exact) mass is 235 g/mol. The Kier molecular flexibility index (Phi) is 2.47. The molecule has 2 aromatic rings. The molecule has 0 spiro atoms. The maximum absolute atomic E-state index is 11.3. The van der Waals surface area contributed by atoms with E-state index in [1.54, 1.807) is 0 Å². The predicted molar refractivity (Wildman–Crippen MR) is 58.9 cm³/mol. The molecule has 0 unspecified atom stereocenters. The molecule has 17 heavy (non-hydrogen) atoms. The van der Waals surface area contributed by atoms with Crippen LogP contribution in [0.4, 0.5) is 5.69 Å². The van der Waals surface area contributed by atoms with E-state index in [1.165, 1.54) is 25.3 Å². The molecule has 3 N–H and O–H groups in total. The molecule has 0 amide bonds. The van der Waals surface area contributed by atoms with Crippen molar-refractivity contribution in [1.82, 2.24) is 0 Å². The fourth-order valence-corrected chi connectivity index (χ4v) is 1.54. The van der Waals surface area contributed by atoms with Crippen LogP contribution in [0.3, 0.4) is 0 Å². The molecule has 6 nitrogen and oxygen atoms in total. The number of carboxylic acids is 1. The predicted octanol–water partition coefficient (Wildman–Crippen LogP) is 1.50. The Morgan fingerprint density at radius 1 is 1.35 bits per heavy atom. The highest BCUT2D eigenvalue weighted by molar-refractivity contribution is 6.04. The highest BCUT2D eigenvalue weighted by atomic mass is 16.5. The van der Waals surface area contributed by atoms with Crippen LogP contribution in [-0.4, -0.2) is 24.2 Å². The van der Waals surface area contributed by atoms with E-state index in [9.17, 15) is 9.59 Å². The highest BCUT2D eigenvalue weighted by Crippen LogP contribution is 2.26. The van der Waals surface area contributed by atoms with Gasteiger partial charge in [0.25, 0.3) is 0 Å². The van der Waals surface area contributed by atoms with Gasteiger partial charge < -0.3 is 20.0 Å². The number of furan rings is 1. The topological polar surface area (TPSA) is 103 Å². The highest BCUT2D eigenvalue weighted by Gasteiger charge is 2.18. The second-order valence-corrected chi connectivity index (χ2v) is 3.39. The molecule has 0 aliphatic rings. The number of esters is 1. The third kappa shape index (κ3) is 1.80. The van der Waals surface area contributed by atoms with Crippen LogP contribution in [0.1, 0.15) is 20.9 Å². The zero-order valence-electron chi connectivity index (χ0n) is 8.89. The first-order valence-corrected chi connectivity index (χ1v) is 4.67. The Labute approximate surface area is 95.6 Å². The summed E-state index contributed by atoms with van der Waals surface area (Å²) in [5.41, 5.74) is 5.86. The summed E-state index contributed by atoms with van der Waals surface area (Å²) in [5.74, 6) is -1.90. The van der Waals surface area contributed by atoms with E-state index in [2.05, 4.69) is 4.74 Å². The minimum absolute atomic E-state index is 0.0596. The van der Waals surface area contributed by atoms with Gasteiger partial charge in [-0.2, -0.15) is 0 Å². The number of aromatic carboxylic acids is 1. The number of hydrogen-bond donors (Lipinski definition) is 2. The van der Waals surface area contributed by atoms with Gasteiger partial charge in [0, 0.05) is 11.1 Å². The quantitative estimate of drug-likeness (QED) is 0.604. The summed E-state index contributed by atoms with van der Waals surface area (Å²) >= 11 is 0. The van der Waals surface area contributed by atoms with E-state index in [1.807, 2.05) is 0 Å². The van der Waals surface area contributed by atoms with Crippen molar-refractivity contribution in [2.45, 2.75) is 0 Å². The van der Waals surface area contributed by atoms with Crippen molar-refractivity contribution >= 4 is 28.6 Å². The van der Waals surface area contributed by atoms with E-state index in [0.717, 1.165) is 0 Å². The number of carbonyl (C=O) groups is 2. The normalized spacial score (nSPS) is 10.4. The molecule has 0 saturated carbocycles. The number of nitrogen functional groups attached to an aromatic ring is 1. The SMILES string of the molecule is COC(=O)c1cc2cc(N)cc(C(=O)O)c2o1. The van der Waals surface area contributed by atoms with Crippen molar-refractivity contribution in [1.29, 1.82) is 0 Å². The lowest BCUT2D eigenvalue weighted by Gasteiger charge is -1.98. The number of fused-ring (bicyclic) bond motifs is 1. The van der Waals surface area contributed by atoms with Crippen molar-refractivity contribution in [3.8, 4) is 0 Å². The molecule has 0 bridgehead atoms. The van der Waals surface area contributed by atoms with Crippen molar-refractivity contribution < 1.29 is 23.8 Å². The molecule has 88 valence electrons. The average Bonchev–Trinajstić information content (AvgIpc) is 2.69. The number of benzene rings is 1. The second-order valence-electron chi connectivity index (χ2n) is 3.39. The van der Waals surface area contributed by atoms with Gasteiger partial charge in [-0.3, -0.25) is 0 Å². The Hall–Kier alpha value is -2.50. The van der Waals surface area contributed by atoms with Gasteiger partial charge in [0.05, 0.1) is 7.11 Å². The van der Waals surface area contributed by atoms with Crippen LogP contribution in [0.2, 0.25) is 0 Å². The van der Waals surface area contributed by atoms with E-state index >= 15 is 0 Å². The first-order chi connectivity index (χ1) is 8.02. The fraction of sp³-hybridized carbons (Fsp3) is 0.0909. The summed E-state index contributed by atoms with van der Waals surface area (Å²) in [6, 6.07) is 4.19. The molecule has 1 aromatic heterocycles. The van der Waals surface area contributed by atoms with Gasteiger partial charge in [-0.05, 0) is 18.2 Å². The molecule has 0 atom stereocenters. The Bertz CT molecular complexity index is 614. The standard InChI is InChI=1S/C11H9NO5/c1-16-11(15)8-3-5-2-6(12)4-7(10(13)14)9(5)17-8/h2-4H,12H2,1H3,(H,13,14). The van der Waals surface area contributed by atoms with Crippen LogP contribution in [-0.2, 0) is 4.74 Å². The van der Waals surface area contributed by atoms with Gasteiger partial charge in [-0.1, -0.05) is 0 Å². The van der Waals surface area contributed by atoms with Gasteiger partial charge >= 0.3 is 11.9 Å². The summed E-state index contributed by atoms with van der Waals surface area (Å²) in [7, 11) is 1.21. The van der Waals surface area contributed by atoms with Crippen molar-refractivity contribution in [3.63, 3.8) is 0 Å². The van der Waals surface area contributed by atoms with E-state index in [-0.39, 0.29) is 22.6 Å². The van der Waals surface area contributed by atoms with E-state index in [0.29, 0.717) is 5.39 Å². The number of rotatable bonds is 2. The van der Waals surface area contributed by atoms with Crippen LogP contribution in [0, 0.1) is 0 Å². The molecule has 0 aliphatic heterocycles. The molecule has 0 radical (unpaired) electrons. The first kappa shape index (κ1) is 11.0. The number of hydrogen-bond acceptors (Lipinski definition) is 5. The fourth-order valence-electron chi connectivity index (χ4n) is 1.54. The minimum Gasteiger partial charge on any atom is -0.478 e. The van der Waals surface area contributed by atoms with Crippen LogP contribution < -0.4 is 5.73 Å². The largest absolute Gasteiger partial charge is 0.478 e. The first-order valence-electron chi connectivity index (χ1n) is 4.67.